The maximum absolute atomic E-state index is 11.7. The fourth-order valence-corrected chi connectivity index (χ4v) is 0.992. The summed E-state index contributed by atoms with van der Waals surface area (Å²) in [6.07, 6.45) is 0.751. The number of nitrogens with two attached hydrogens (primary N) is 1. The van der Waals surface area contributed by atoms with E-state index in [9.17, 15) is 9.18 Å². The topological polar surface area (TPSA) is 55.1 Å². The van der Waals surface area contributed by atoms with Crippen molar-refractivity contribution in [2.75, 3.05) is 13.2 Å². The molecule has 0 radical (unpaired) electrons. The molecule has 0 unspecified atom stereocenters. The summed E-state index contributed by atoms with van der Waals surface area (Å²) < 4.78 is 11.7. The number of amides is 1. The highest BCUT2D eigenvalue weighted by molar-refractivity contribution is 5.74. The van der Waals surface area contributed by atoms with E-state index in [2.05, 4.69) is 5.32 Å². The third kappa shape index (κ3) is 6.09. The van der Waals surface area contributed by atoms with Gasteiger partial charge in [-0.2, -0.15) is 0 Å². The Kier molecular flexibility index (Phi) is 4.81. The fraction of sp³-hybridized carbons (Fsp3) is 0.875. The first kappa shape index (κ1) is 11.4. The minimum atomic E-state index is -0.340. The van der Waals surface area contributed by atoms with Crippen molar-refractivity contribution in [3.8, 4) is 0 Å². The molecule has 0 aromatic rings. The van der Waals surface area contributed by atoms with Crippen LogP contribution in [0.4, 0.5) is 4.39 Å². The van der Waals surface area contributed by atoms with Gasteiger partial charge in [-0.1, -0.05) is 0 Å². The van der Waals surface area contributed by atoms with Crippen LogP contribution in [0.1, 0.15) is 26.7 Å². The molecule has 0 saturated heterocycles. The highest BCUT2D eigenvalue weighted by atomic mass is 19.1. The van der Waals surface area contributed by atoms with Crippen LogP contribution in [-0.4, -0.2) is 24.7 Å². The number of alkyl halides is 1. The molecule has 0 rings (SSSR count). The summed E-state index contributed by atoms with van der Waals surface area (Å²) in [5.74, 6) is -0.340. The monoisotopic (exact) mass is 176 g/mol. The molecule has 0 saturated carbocycles. The molecule has 3 nitrogen and oxygen atoms in total. The molecule has 0 atom stereocenters. The predicted molar refractivity (Wildman–Crippen MR) is 46.5 cm³/mol. The molecule has 0 aliphatic rings. The second-order valence-corrected chi connectivity index (χ2v) is 3.50. The van der Waals surface area contributed by atoms with E-state index < -0.39 is 0 Å². The van der Waals surface area contributed by atoms with Crippen molar-refractivity contribution in [3.63, 3.8) is 0 Å². The molecule has 0 aromatic carbocycles. The van der Waals surface area contributed by atoms with Gasteiger partial charge in [-0.3, -0.25) is 9.18 Å². The molecular formula is C8H17FN2O. The number of primary amides is 1. The van der Waals surface area contributed by atoms with Crippen molar-refractivity contribution in [1.82, 2.24) is 5.32 Å². The van der Waals surface area contributed by atoms with E-state index in [0.29, 0.717) is 13.0 Å². The van der Waals surface area contributed by atoms with Crippen LogP contribution in [0.3, 0.4) is 0 Å². The maximum atomic E-state index is 11.7. The average Bonchev–Trinajstić information content (AvgIpc) is 1.84. The third-order valence-corrected chi connectivity index (χ3v) is 1.53. The highest BCUT2D eigenvalue weighted by Crippen LogP contribution is 2.06. The second kappa shape index (κ2) is 5.09. The predicted octanol–water partition coefficient (Wildman–Crippen LogP) is 0.590. The van der Waals surface area contributed by atoms with E-state index in [4.69, 9.17) is 5.73 Å². The summed E-state index contributed by atoms with van der Waals surface area (Å²) in [6, 6.07) is 0. The van der Waals surface area contributed by atoms with Gasteiger partial charge in [0.25, 0.3) is 0 Å². The number of hydrogen-bond acceptors (Lipinski definition) is 2. The van der Waals surface area contributed by atoms with Crippen LogP contribution in [-0.2, 0) is 4.79 Å². The fourth-order valence-electron chi connectivity index (χ4n) is 0.992. The summed E-state index contributed by atoms with van der Waals surface area (Å²) in [4.78, 5) is 10.6. The Morgan fingerprint density at radius 3 is 2.58 bits per heavy atom. The first-order valence-electron chi connectivity index (χ1n) is 4.07. The second-order valence-electron chi connectivity index (χ2n) is 3.50. The lowest BCUT2D eigenvalue weighted by Gasteiger charge is -2.24. The molecule has 1 amide bonds. The Morgan fingerprint density at radius 1 is 1.58 bits per heavy atom. The smallest absolute Gasteiger partial charge is 0.219 e. The van der Waals surface area contributed by atoms with E-state index in [1.165, 1.54) is 0 Å². The minimum Gasteiger partial charge on any atom is -0.370 e. The normalized spacial score (nSPS) is 11.6. The molecule has 12 heavy (non-hydrogen) atoms. The van der Waals surface area contributed by atoms with Crippen molar-refractivity contribution in [2.45, 2.75) is 32.2 Å². The Balaban J connectivity index is 3.63. The summed E-state index contributed by atoms with van der Waals surface area (Å²) >= 11 is 0. The van der Waals surface area contributed by atoms with Crippen LogP contribution in [0.15, 0.2) is 0 Å². The van der Waals surface area contributed by atoms with Crippen molar-refractivity contribution in [1.29, 1.82) is 0 Å². The van der Waals surface area contributed by atoms with E-state index in [1.54, 1.807) is 0 Å². The molecule has 0 aliphatic carbocycles. The number of nitrogens with one attached hydrogen (secondary N) is 1. The molecule has 3 N–H and O–H groups in total. The summed E-state index contributed by atoms with van der Waals surface area (Å²) in [5, 5.41) is 3.05. The van der Waals surface area contributed by atoms with Gasteiger partial charge >= 0.3 is 0 Å². The average molecular weight is 176 g/mol. The van der Waals surface area contributed by atoms with Gasteiger partial charge in [0.1, 0.15) is 0 Å². The summed E-state index contributed by atoms with van der Waals surface area (Å²) in [5.41, 5.74) is 4.71. The zero-order chi connectivity index (χ0) is 9.61. The molecule has 0 spiro atoms. The third-order valence-electron chi connectivity index (χ3n) is 1.53. The number of halogens is 1. The van der Waals surface area contributed by atoms with E-state index in [-0.39, 0.29) is 24.5 Å². The van der Waals surface area contributed by atoms with E-state index in [0.717, 1.165) is 0 Å². The van der Waals surface area contributed by atoms with Crippen molar-refractivity contribution >= 4 is 5.91 Å². The van der Waals surface area contributed by atoms with Crippen LogP contribution in [0.25, 0.3) is 0 Å². The Labute approximate surface area is 72.5 Å². The summed E-state index contributed by atoms with van der Waals surface area (Å²) in [7, 11) is 0. The lowest BCUT2D eigenvalue weighted by Crippen LogP contribution is -2.43. The lowest BCUT2D eigenvalue weighted by molar-refractivity contribution is -0.119. The molecule has 0 aromatic heterocycles. The first-order valence-corrected chi connectivity index (χ1v) is 4.07. The van der Waals surface area contributed by atoms with Gasteiger partial charge in [0, 0.05) is 12.0 Å². The van der Waals surface area contributed by atoms with Crippen molar-refractivity contribution in [2.24, 2.45) is 5.73 Å². The lowest BCUT2D eigenvalue weighted by atomic mass is 10.0. The number of rotatable bonds is 6. The van der Waals surface area contributed by atoms with Gasteiger partial charge in [0.2, 0.25) is 5.91 Å². The van der Waals surface area contributed by atoms with Crippen molar-refractivity contribution in [3.05, 3.63) is 0 Å². The Bertz CT molecular complexity index is 148. The van der Waals surface area contributed by atoms with Crippen LogP contribution < -0.4 is 11.1 Å². The largest absolute Gasteiger partial charge is 0.370 e. The van der Waals surface area contributed by atoms with Crippen LogP contribution >= 0.6 is 0 Å². The molecule has 0 fully saturated rings. The SMILES string of the molecule is CC(C)(CC(N)=O)NCCCF. The van der Waals surface area contributed by atoms with Gasteiger partial charge in [-0.15, -0.1) is 0 Å². The zero-order valence-electron chi connectivity index (χ0n) is 7.69. The van der Waals surface area contributed by atoms with Crippen LogP contribution in [0.5, 0.6) is 0 Å². The highest BCUT2D eigenvalue weighted by Gasteiger charge is 2.18. The minimum absolute atomic E-state index is 0.277. The molecule has 0 heterocycles. The molecule has 4 heteroatoms. The summed E-state index contributed by atoms with van der Waals surface area (Å²) in [6.45, 7) is 3.99. The first-order chi connectivity index (χ1) is 5.48. The van der Waals surface area contributed by atoms with E-state index in [1.807, 2.05) is 13.8 Å². The van der Waals surface area contributed by atoms with Crippen LogP contribution in [0.2, 0.25) is 0 Å². The number of carbonyl (C=O) groups excluding carboxylic acids is 1. The maximum Gasteiger partial charge on any atom is 0.219 e. The molecular weight excluding hydrogens is 159 g/mol. The van der Waals surface area contributed by atoms with Crippen molar-refractivity contribution < 1.29 is 9.18 Å². The molecule has 0 aliphatic heterocycles. The number of carbonyl (C=O) groups is 1. The van der Waals surface area contributed by atoms with Gasteiger partial charge in [-0.25, -0.2) is 0 Å². The molecule has 72 valence electrons. The number of hydrogen-bond donors (Lipinski definition) is 2. The van der Waals surface area contributed by atoms with Gasteiger partial charge < -0.3 is 11.1 Å². The standard InChI is InChI=1S/C8H17FN2O/c1-8(2,6-7(10)12)11-5-3-4-9/h11H,3-6H2,1-2H3,(H2,10,12). The van der Waals surface area contributed by atoms with Crippen LogP contribution in [0, 0.1) is 0 Å². The Hall–Kier alpha value is -0.640. The quantitative estimate of drug-likeness (QED) is 0.582. The van der Waals surface area contributed by atoms with Gasteiger partial charge in [-0.05, 0) is 26.8 Å². The van der Waals surface area contributed by atoms with Gasteiger partial charge in [0.05, 0.1) is 6.67 Å². The van der Waals surface area contributed by atoms with E-state index >= 15 is 0 Å². The molecule has 0 bridgehead atoms. The zero-order valence-corrected chi connectivity index (χ0v) is 7.69. The Morgan fingerprint density at radius 2 is 2.17 bits per heavy atom. The van der Waals surface area contributed by atoms with Gasteiger partial charge in [0.15, 0.2) is 0 Å².